The van der Waals surface area contributed by atoms with E-state index in [1.54, 1.807) is 30.3 Å². The van der Waals surface area contributed by atoms with Gasteiger partial charge in [-0.1, -0.05) is 37.3 Å². The van der Waals surface area contributed by atoms with E-state index in [9.17, 15) is 12.8 Å². The van der Waals surface area contributed by atoms with Crippen molar-refractivity contribution in [1.82, 2.24) is 14.5 Å². The fourth-order valence-electron chi connectivity index (χ4n) is 3.64. The molecular formula is C24H25FN4O3S. The van der Waals surface area contributed by atoms with E-state index >= 15 is 0 Å². The Morgan fingerprint density at radius 2 is 1.73 bits per heavy atom. The summed E-state index contributed by atoms with van der Waals surface area (Å²) in [5, 5.41) is 0. The van der Waals surface area contributed by atoms with Gasteiger partial charge in [0.25, 0.3) is 10.0 Å². The molecule has 0 radical (unpaired) electrons. The minimum atomic E-state index is -3.88. The quantitative estimate of drug-likeness (QED) is 0.394. The Morgan fingerprint density at radius 1 is 1.03 bits per heavy atom. The molecule has 9 heteroatoms. The first-order chi connectivity index (χ1) is 15.8. The first kappa shape index (κ1) is 22.7. The summed E-state index contributed by atoms with van der Waals surface area (Å²) in [4.78, 5) is 9.06. The third-order valence-corrected chi connectivity index (χ3v) is 6.78. The Bertz CT molecular complexity index is 1390. The molecule has 4 aromatic rings. The lowest BCUT2D eigenvalue weighted by Crippen LogP contribution is -2.15. The summed E-state index contributed by atoms with van der Waals surface area (Å²) < 4.78 is 49.5. The van der Waals surface area contributed by atoms with E-state index in [4.69, 9.17) is 4.74 Å². The molecule has 33 heavy (non-hydrogen) atoms. The molecule has 2 heterocycles. The van der Waals surface area contributed by atoms with Gasteiger partial charge in [0.2, 0.25) is 11.8 Å². The highest BCUT2D eigenvalue weighted by molar-refractivity contribution is 7.92. The zero-order chi connectivity index (χ0) is 23.6. The summed E-state index contributed by atoms with van der Waals surface area (Å²) in [6.45, 7) is 6.89. The van der Waals surface area contributed by atoms with Crippen molar-refractivity contribution in [1.29, 1.82) is 0 Å². The molecule has 2 aromatic carbocycles. The van der Waals surface area contributed by atoms with Crippen LogP contribution in [0, 0.1) is 19.7 Å². The Kier molecular flexibility index (Phi) is 6.33. The van der Waals surface area contributed by atoms with E-state index in [1.165, 1.54) is 24.3 Å². The highest BCUT2D eigenvalue weighted by Crippen LogP contribution is 2.32. The second kappa shape index (κ2) is 9.19. The van der Waals surface area contributed by atoms with Crippen molar-refractivity contribution in [3.8, 4) is 5.88 Å². The third-order valence-electron chi connectivity index (χ3n) is 5.44. The number of sulfonamides is 1. The van der Waals surface area contributed by atoms with Gasteiger partial charge in [-0.05, 0) is 55.7 Å². The third kappa shape index (κ3) is 4.68. The lowest BCUT2D eigenvalue weighted by Gasteiger charge is -2.13. The zero-order valence-electron chi connectivity index (χ0n) is 18.7. The van der Waals surface area contributed by atoms with E-state index in [0.29, 0.717) is 11.0 Å². The van der Waals surface area contributed by atoms with Crippen LogP contribution in [-0.4, -0.2) is 23.0 Å². The number of benzene rings is 2. The molecule has 2 aromatic heterocycles. The molecule has 172 valence electrons. The van der Waals surface area contributed by atoms with Gasteiger partial charge in [0.05, 0.1) is 4.90 Å². The van der Waals surface area contributed by atoms with Gasteiger partial charge < -0.3 is 9.30 Å². The number of halogens is 1. The van der Waals surface area contributed by atoms with E-state index in [2.05, 4.69) is 26.2 Å². The second-order valence-electron chi connectivity index (χ2n) is 7.75. The highest BCUT2D eigenvalue weighted by atomic mass is 32.2. The predicted octanol–water partition coefficient (Wildman–Crippen LogP) is 4.98. The molecule has 0 saturated carbocycles. The van der Waals surface area contributed by atoms with Crippen LogP contribution < -0.4 is 9.46 Å². The number of hydrogen-bond acceptors (Lipinski definition) is 5. The summed E-state index contributed by atoms with van der Waals surface area (Å²) in [6.07, 6.45) is 0.893. The first-order valence-electron chi connectivity index (χ1n) is 10.6. The lowest BCUT2D eigenvalue weighted by molar-refractivity contribution is 0.296. The smallest absolute Gasteiger partial charge is 0.264 e. The number of anilines is 1. The molecule has 7 nitrogen and oxygen atoms in total. The van der Waals surface area contributed by atoms with Gasteiger partial charge in [-0.15, -0.1) is 0 Å². The summed E-state index contributed by atoms with van der Waals surface area (Å²) in [5.74, 6) is -0.138. The number of fused-ring (bicyclic) bond motifs is 1. The maximum Gasteiger partial charge on any atom is 0.264 e. The SMILES string of the molecule is CCCn1c(C)c(C)c2nc(NS(=O)(=O)c3ccccc3)nc(OCc3ccc(F)cc3)c21. The Labute approximate surface area is 192 Å². The molecule has 4 rings (SSSR count). The van der Waals surface area contributed by atoms with Crippen molar-refractivity contribution in [2.75, 3.05) is 4.72 Å². The van der Waals surface area contributed by atoms with Gasteiger partial charge in [-0.25, -0.2) is 22.5 Å². The number of rotatable bonds is 8. The molecule has 0 aliphatic rings. The molecule has 0 aliphatic heterocycles. The van der Waals surface area contributed by atoms with Crippen LogP contribution in [0.1, 0.15) is 30.2 Å². The van der Waals surface area contributed by atoms with Crippen LogP contribution >= 0.6 is 0 Å². The number of nitrogens with zero attached hydrogens (tertiary/aromatic N) is 3. The average Bonchev–Trinajstić information content (AvgIpc) is 3.04. The predicted molar refractivity (Wildman–Crippen MR) is 125 cm³/mol. The molecule has 0 aliphatic carbocycles. The topological polar surface area (TPSA) is 86.1 Å². The molecule has 1 N–H and O–H groups in total. The van der Waals surface area contributed by atoms with Crippen LogP contribution in [0.4, 0.5) is 10.3 Å². The normalized spacial score (nSPS) is 11.6. The Hall–Kier alpha value is -3.46. The van der Waals surface area contributed by atoms with Crippen molar-refractivity contribution in [2.24, 2.45) is 0 Å². The molecule has 0 unspecified atom stereocenters. The van der Waals surface area contributed by atoms with Crippen LogP contribution in [0.15, 0.2) is 59.5 Å². The van der Waals surface area contributed by atoms with Crippen molar-refractivity contribution in [2.45, 2.75) is 45.2 Å². The number of aromatic nitrogens is 3. The molecule has 0 fully saturated rings. The lowest BCUT2D eigenvalue weighted by atomic mass is 10.2. The number of aryl methyl sites for hydroxylation is 2. The van der Waals surface area contributed by atoms with Gasteiger partial charge in [0.1, 0.15) is 23.5 Å². The van der Waals surface area contributed by atoms with Crippen LogP contribution in [-0.2, 0) is 23.2 Å². The minimum Gasteiger partial charge on any atom is -0.471 e. The van der Waals surface area contributed by atoms with Crippen LogP contribution in [0.5, 0.6) is 5.88 Å². The number of ether oxygens (including phenoxy) is 1. The van der Waals surface area contributed by atoms with Gasteiger partial charge in [0.15, 0.2) is 0 Å². The van der Waals surface area contributed by atoms with E-state index in [1.807, 2.05) is 13.8 Å². The van der Waals surface area contributed by atoms with Gasteiger partial charge in [-0.3, -0.25) is 0 Å². The van der Waals surface area contributed by atoms with Crippen molar-refractivity contribution >= 4 is 27.0 Å². The molecule has 0 bridgehead atoms. The van der Waals surface area contributed by atoms with Gasteiger partial charge in [-0.2, -0.15) is 4.98 Å². The average molecular weight is 469 g/mol. The highest BCUT2D eigenvalue weighted by Gasteiger charge is 2.22. The van der Waals surface area contributed by atoms with Crippen molar-refractivity contribution in [3.63, 3.8) is 0 Å². The fraction of sp³-hybridized carbons (Fsp3) is 0.250. The van der Waals surface area contributed by atoms with Gasteiger partial charge in [0, 0.05) is 12.2 Å². The maximum atomic E-state index is 13.3. The summed E-state index contributed by atoms with van der Waals surface area (Å²) in [6, 6.07) is 14.0. The summed E-state index contributed by atoms with van der Waals surface area (Å²) in [7, 11) is -3.88. The monoisotopic (exact) mass is 468 g/mol. The molecule has 0 amide bonds. The number of nitrogens with one attached hydrogen (secondary N) is 1. The molecule has 0 saturated heterocycles. The molecular weight excluding hydrogens is 443 g/mol. The fourth-order valence-corrected chi connectivity index (χ4v) is 4.61. The van der Waals surface area contributed by atoms with Gasteiger partial charge >= 0.3 is 0 Å². The first-order valence-corrected chi connectivity index (χ1v) is 12.1. The minimum absolute atomic E-state index is 0.0720. The number of hydrogen-bond donors (Lipinski definition) is 1. The van der Waals surface area contributed by atoms with Crippen LogP contribution in [0.2, 0.25) is 0 Å². The second-order valence-corrected chi connectivity index (χ2v) is 9.43. The zero-order valence-corrected chi connectivity index (χ0v) is 19.5. The standard InChI is InChI=1S/C24H25FN4O3S/c1-4-14-29-17(3)16(2)21-22(29)23(32-15-18-10-12-19(25)13-11-18)27-24(26-21)28-33(30,31)20-8-6-5-7-9-20/h5-13H,4,14-15H2,1-3H3,(H,26,27,28). The molecule has 0 atom stereocenters. The largest absolute Gasteiger partial charge is 0.471 e. The van der Waals surface area contributed by atoms with E-state index in [-0.39, 0.29) is 29.1 Å². The summed E-state index contributed by atoms with van der Waals surface area (Å²) in [5.41, 5.74) is 4.02. The van der Waals surface area contributed by atoms with Crippen LogP contribution in [0.3, 0.4) is 0 Å². The molecule has 0 spiro atoms. The summed E-state index contributed by atoms with van der Waals surface area (Å²) >= 11 is 0. The van der Waals surface area contributed by atoms with E-state index < -0.39 is 10.0 Å². The van der Waals surface area contributed by atoms with Crippen molar-refractivity contribution < 1.29 is 17.5 Å². The van der Waals surface area contributed by atoms with Crippen LogP contribution in [0.25, 0.3) is 11.0 Å². The Morgan fingerprint density at radius 3 is 2.39 bits per heavy atom. The van der Waals surface area contributed by atoms with Crippen molar-refractivity contribution in [3.05, 3.63) is 77.2 Å². The van der Waals surface area contributed by atoms with E-state index in [0.717, 1.165) is 29.8 Å². The Balaban J connectivity index is 1.78. The maximum absolute atomic E-state index is 13.3.